The first kappa shape index (κ1) is 18.1. The molecule has 1 atom stereocenters. The SMILES string of the molecule is CC(Oc1cccc(Cl)c1Cl)C(=O)NCC(=O)Nc1ccccc1. The first-order valence-electron chi connectivity index (χ1n) is 7.20. The van der Waals surface area contributed by atoms with Gasteiger partial charge in [-0.1, -0.05) is 47.5 Å². The molecule has 5 nitrogen and oxygen atoms in total. The highest BCUT2D eigenvalue weighted by atomic mass is 35.5. The number of benzene rings is 2. The van der Waals surface area contributed by atoms with Gasteiger partial charge in [-0.25, -0.2) is 0 Å². The summed E-state index contributed by atoms with van der Waals surface area (Å²) in [6.45, 7) is 1.40. The predicted octanol–water partition coefficient (Wildman–Crippen LogP) is 3.52. The van der Waals surface area contributed by atoms with E-state index < -0.39 is 12.0 Å². The van der Waals surface area contributed by atoms with Crippen molar-refractivity contribution in [3.05, 3.63) is 58.6 Å². The maximum absolute atomic E-state index is 12.0. The first-order valence-corrected chi connectivity index (χ1v) is 7.96. The smallest absolute Gasteiger partial charge is 0.261 e. The Kier molecular flexibility index (Phi) is 6.46. The molecule has 2 rings (SSSR count). The van der Waals surface area contributed by atoms with Gasteiger partial charge in [0.2, 0.25) is 5.91 Å². The van der Waals surface area contributed by atoms with E-state index in [0.29, 0.717) is 16.5 Å². The molecule has 0 saturated carbocycles. The average Bonchev–Trinajstić information content (AvgIpc) is 2.57. The lowest BCUT2D eigenvalue weighted by Gasteiger charge is -2.16. The zero-order chi connectivity index (χ0) is 17.5. The Bertz CT molecular complexity index is 723. The van der Waals surface area contributed by atoms with Crippen LogP contribution in [0.4, 0.5) is 5.69 Å². The molecule has 0 aliphatic rings. The van der Waals surface area contributed by atoms with Gasteiger partial charge in [0, 0.05) is 5.69 Å². The Morgan fingerprint density at radius 1 is 1.08 bits per heavy atom. The number of carbonyl (C=O) groups excluding carboxylic acids is 2. The summed E-state index contributed by atoms with van der Waals surface area (Å²) in [6, 6.07) is 13.9. The van der Waals surface area contributed by atoms with Crippen molar-refractivity contribution in [2.75, 3.05) is 11.9 Å². The van der Waals surface area contributed by atoms with Gasteiger partial charge >= 0.3 is 0 Å². The van der Waals surface area contributed by atoms with E-state index in [4.69, 9.17) is 27.9 Å². The number of halogens is 2. The molecule has 0 aliphatic carbocycles. The number of amides is 2. The summed E-state index contributed by atoms with van der Waals surface area (Å²) in [4.78, 5) is 23.8. The molecular weight excluding hydrogens is 351 g/mol. The fourth-order valence-electron chi connectivity index (χ4n) is 1.86. The Balaban J connectivity index is 1.83. The van der Waals surface area contributed by atoms with Crippen molar-refractivity contribution in [3.63, 3.8) is 0 Å². The van der Waals surface area contributed by atoms with E-state index in [1.807, 2.05) is 6.07 Å². The fraction of sp³-hybridized carbons (Fsp3) is 0.176. The number of ether oxygens (including phenoxy) is 1. The topological polar surface area (TPSA) is 67.4 Å². The summed E-state index contributed by atoms with van der Waals surface area (Å²) in [5, 5.41) is 5.75. The third kappa shape index (κ3) is 5.15. The molecule has 2 amide bonds. The van der Waals surface area contributed by atoms with Crippen LogP contribution in [0.25, 0.3) is 0 Å². The minimum absolute atomic E-state index is 0.162. The predicted molar refractivity (Wildman–Crippen MR) is 94.6 cm³/mol. The van der Waals surface area contributed by atoms with Crippen LogP contribution in [0.3, 0.4) is 0 Å². The number of rotatable bonds is 6. The molecular formula is C17H16Cl2N2O3. The molecule has 2 N–H and O–H groups in total. The van der Waals surface area contributed by atoms with Crippen molar-refractivity contribution in [2.45, 2.75) is 13.0 Å². The van der Waals surface area contributed by atoms with Crippen molar-refractivity contribution in [3.8, 4) is 5.75 Å². The maximum atomic E-state index is 12.0. The van der Waals surface area contributed by atoms with Crippen molar-refractivity contribution >= 4 is 40.7 Å². The average molecular weight is 367 g/mol. The van der Waals surface area contributed by atoms with Crippen LogP contribution >= 0.6 is 23.2 Å². The number of hydrogen-bond acceptors (Lipinski definition) is 3. The number of nitrogens with one attached hydrogen (secondary N) is 2. The summed E-state index contributed by atoms with van der Waals surface area (Å²) >= 11 is 11.9. The Labute approximate surface area is 149 Å². The minimum Gasteiger partial charge on any atom is -0.479 e. The van der Waals surface area contributed by atoms with Gasteiger partial charge in [-0.05, 0) is 31.2 Å². The van der Waals surface area contributed by atoms with Crippen LogP contribution in [-0.2, 0) is 9.59 Å². The minimum atomic E-state index is -0.828. The fourth-order valence-corrected chi connectivity index (χ4v) is 2.19. The first-order chi connectivity index (χ1) is 11.5. The van der Waals surface area contributed by atoms with Gasteiger partial charge in [-0.2, -0.15) is 0 Å². The van der Waals surface area contributed by atoms with E-state index in [1.54, 1.807) is 49.4 Å². The largest absolute Gasteiger partial charge is 0.479 e. The van der Waals surface area contributed by atoms with Crippen LogP contribution in [-0.4, -0.2) is 24.5 Å². The standard InChI is InChI=1S/C17H16Cl2N2O3/c1-11(24-14-9-5-8-13(18)16(14)19)17(23)20-10-15(22)21-12-6-3-2-4-7-12/h2-9,11H,10H2,1H3,(H,20,23)(H,21,22). The van der Waals surface area contributed by atoms with Crippen LogP contribution in [0.2, 0.25) is 10.0 Å². The normalized spacial score (nSPS) is 11.5. The molecule has 0 aliphatic heterocycles. The van der Waals surface area contributed by atoms with Crippen LogP contribution in [0, 0.1) is 0 Å². The monoisotopic (exact) mass is 366 g/mol. The van der Waals surface area contributed by atoms with Gasteiger partial charge in [0.25, 0.3) is 5.91 Å². The van der Waals surface area contributed by atoms with Gasteiger partial charge < -0.3 is 15.4 Å². The second-order valence-electron chi connectivity index (χ2n) is 4.94. The highest BCUT2D eigenvalue weighted by Crippen LogP contribution is 2.32. The summed E-state index contributed by atoms with van der Waals surface area (Å²) in [6.07, 6.45) is -0.828. The molecule has 0 saturated heterocycles. The summed E-state index contributed by atoms with van der Waals surface area (Å²) < 4.78 is 5.48. The van der Waals surface area contributed by atoms with Crippen LogP contribution < -0.4 is 15.4 Å². The van der Waals surface area contributed by atoms with Gasteiger partial charge in [-0.15, -0.1) is 0 Å². The molecule has 0 fully saturated rings. The Morgan fingerprint density at radius 2 is 1.79 bits per heavy atom. The number of carbonyl (C=O) groups is 2. The van der Waals surface area contributed by atoms with Crippen LogP contribution in [0.15, 0.2) is 48.5 Å². The van der Waals surface area contributed by atoms with Crippen molar-refractivity contribution in [1.29, 1.82) is 0 Å². The van der Waals surface area contributed by atoms with E-state index in [0.717, 1.165) is 0 Å². The third-order valence-corrected chi connectivity index (χ3v) is 3.87. The second kappa shape index (κ2) is 8.57. The zero-order valence-electron chi connectivity index (χ0n) is 12.9. The molecule has 2 aromatic carbocycles. The molecule has 0 bridgehead atoms. The summed E-state index contributed by atoms with van der Waals surface area (Å²) in [7, 11) is 0. The summed E-state index contributed by atoms with van der Waals surface area (Å²) in [5.74, 6) is -0.461. The molecule has 7 heteroatoms. The lowest BCUT2D eigenvalue weighted by Crippen LogP contribution is -2.40. The Hall–Kier alpha value is -2.24. The van der Waals surface area contributed by atoms with Crippen molar-refractivity contribution < 1.29 is 14.3 Å². The lowest BCUT2D eigenvalue weighted by atomic mass is 10.3. The molecule has 0 spiro atoms. The van der Waals surface area contributed by atoms with E-state index in [1.165, 1.54) is 0 Å². The van der Waals surface area contributed by atoms with E-state index in [2.05, 4.69) is 10.6 Å². The van der Waals surface area contributed by atoms with Crippen molar-refractivity contribution in [2.24, 2.45) is 0 Å². The van der Waals surface area contributed by atoms with Gasteiger partial charge in [0.1, 0.15) is 10.8 Å². The lowest BCUT2D eigenvalue weighted by molar-refractivity contribution is -0.129. The number of para-hydroxylation sites is 1. The molecule has 24 heavy (non-hydrogen) atoms. The number of anilines is 1. The third-order valence-electron chi connectivity index (χ3n) is 3.07. The molecule has 0 aromatic heterocycles. The maximum Gasteiger partial charge on any atom is 0.261 e. The van der Waals surface area contributed by atoms with Crippen molar-refractivity contribution in [1.82, 2.24) is 5.32 Å². The van der Waals surface area contributed by atoms with Crippen LogP contribution in [0.1, 0.15) is 6.92 Å². The summed E-state index contributed by atoms with van der Waals surface area (Å²) in [5.41, 5.74) is 0.659. The highest BCUT2D eigenvalue weighted by Gasteiger charge is 2.17. The number of hydrogen-bond donors (Lipinski definition) is 2. The van der Waals surface area contributed by atoms with E-state index >= 15 is 0 Å². The second-order valence-corrected chi connectivity index (χ2v) is 5.73. The Morgan fingerprint density at radius 3 is 2.50 bits per heavy atom. The van der Waals surface area contributed by atoms with Gasteiger partial charge in [-0.3, -0.25) is 9.59 Å². The quantitative estimate of drug-likeness (QED) is 0.821. The molecule has 1 unspecified atom stereocenters. The van der Waals surface area contributed by atoms with E-state index in [9.17, 15) is 9.59 Å². The van der Waals surface area contributed by atoms with Gasteiger partial charge in [0.05, 0.1) is 11.6 Å². The molecule has 0 heterocycles. The van der Waals surface area contributed by atoms with E-state index in [-0.39, 0.29) is 17.5 Å². The molecule has 126 valence electrons. The van der Waals surface area contributed by atoms with Gasteiger partial charge in [0.15, 0.2) is 6.10 Å². The molecule has 2 aromatic rings. The zero-order valence-corrected chi connectivity index (χ0v) is 14.4. The molecule has 0 radical (unpaired) electrons. The van der Waals surface area contributed by atoms with Crippen LogP contribution in [0.5, 0.6) is 5.75 Å². The highest BCUT2D eigenvalue weighted by molar-refractivity contribution is 6.42.